The molecule has 0 aliphatic heterocycles. The zero-order valence-electron chi connectivity index (χ0n) is 12.9. The van der Waals surface area contributed by atoms with E-state index in [4.69, 9.17) is 4.74 Å². The highest BCUT2D eigenvalue weighted by atomic mass is 32.2. The van der Waals surface area contributed by atoms with E-state index in [1.54, 1.807) is 42.5 Å². The van der Waals surface area contributed by atoms with Crippen LogP contribution in [-0.2, 0) is 27.0 Å². The summed E-state index contributed by atoms with van der Waals surface area (Å²) in [7, 11) is -3.59. The Balaban J connectivity index is 1.88. The van der Waals surface area contributed by atoms with Gasteiger partial charge in [0.2, 0.25) is 10.0 Å². The molecule has 0 amide bonds. The van der Waals surface area contributed by atoms with Crippen LogP contribution in [0.4, 0.5) is 0 Å². The van der Waals surface area contributed by atoms with Crippen molar-refractivity contribution in [1.82, 2.24) is 4.72 Å². The second-order valence-electron chi connectivity index (χ2n) is 5.04. The van der Waals surface area contributed by atoms with Crippen molar-refractivity contribution < 1.29 is 17.9 Å². The largest absolute Gasteiger partial charge is 0.426 e. The number of esters is 1. The number of carbonyl (C=O) groups is 1. The van der Waals surface area contributed by atoms with Gasteiger partial charge in [-0.05, 0) is 29.7 Å². The maximum atomic E-state index is 11.9. The second kappa shape index (κ2) is 7.89. The van der Waals surface area contributed by atoms with Gasteiger partial charge in [-0.1, -0.05) is 49.4 Å². The first-order valence-corrected chi connectivity index (χ1v) is 8.94. The summed E-state index contributed by atoms with van der Waals surface area (Å²) < 4.78 is 31.3. The Morgan fingerprint density at radius 2 is 1.74 bits per heavy atom. The van der Waals surface area contributed by atoms with E-state index in [0.717, 1.165) is 12.0 Å². The minimum Gasteiger partial charge on any atom is -0.426 e. The van der Waals surface area contributed by atoms with Crippen LogP contribution < -0.4 is 9.46 Å². The summed E-state index contributed by atoms with van der Waals surface area (Å²) in [4.78, 5) is 11.8. The quantitative estimate of drug-likeness (QED) is 0.623. The zero-order valence-corrected chi connectivity index (χ0v) is 13.7. The molecule has 0 aromatic heterocycles. The van der Waals surface area contributed by atoms with Gasteiger partial charge in [-0.2, -0.15) is 0 Å². The molecule has 0 aliphatic rings. The lowest BCUT2D eigenvalue weighted by Gasteiger charge is -2.08. The maximum Gasteiger partial charge on any atom is 0.326 e. The third-order valence-electron chi connectivity index (χ3n) is 3.17. The third-order valence-corrected chi connectivity index (χ3v) is 4.47. The van der Waals surface area contributed by atoms with E-state index < -0.39 is 22.5 Å². The first-order chi connectivity index (χ1) is 11.0. The van der Waals surface area contributed by atoms with Gasteiger partial charge >= 0.3 is 5.97 Å². The molecule has 1 N–H and O–H groups in total. The van der Waals surface area contributed by atoms with Gasteiger partial charge in [-0.3, -0.25) is 4.79 Å². The monoisotopic (exact) mass is 333 g/mol. The second-order valence-corrected chi connectivity index (χ2v) is 6.85. The molecule has 0 heterocycles. The molecule has 0 atom stereocenters. The minimum absolute atomic E-state index is 0.174. The van der Waals surface area contributed by atoms with E-state index >= 15 is 0 Å². The fraction of sp³-hybridized carbons (Fsp3) is 0.235. The summed E-state index contributed by atoms with van der Waals surface area (Å²) in [5.41, 5.74) is 1.70. The van der Waals surface area contributed by atoms with Crippen molar-refractivity contribution in [1.29, 1.82) is 0 Å². The highest BCUT2D eigenvalue weighted by Crippen LogP contribution is 2.13. The van der Waals surface area contributed by atoms with Crippen LogP contribution in [0.15, 0.2) is 54.6 Å². The molecule has 23 heavy (non-hydrogen) atoms. The molecule has 0 saturated heterocycles. The van der Waals surface area contributed by atoms with Gasteiger partial charge in [0.25, 0.3) is 0 Å². The van der Waals surface area contributed by atoms with Crippen LogP contribution >= 0.6 is 0 Å². The van der Waals surface area contributed by atoms with Crippen molar-refractivity contribution in [2.24, 2.45) is 0 Å². The molecule has 0 fully saturated rings. The van der Waals surface area contributed by atoms with E-state index in [1.807, 2.05) is 19.1 Å². The van der Waals surface area contributed by atoms with Crippen LogP contribution in [-0.4, -0.2) is 20.9 Å². The van der Waals surface area contributed by atoms with E-state index in [1.165, 1.54) is 0 Å². The smallest absolute Gasteiger partial charge is 0.326 e. The number of benzene rings is 2. The van der Waals surface area contributed by atoms with Gasteiger partial charge in [-0.25, -0.2) is 13.1 Å². The lowest BCUT2D eigenvalue weighted by atomic mass is 10.2. The van der Waals surface area contributed by atoms with E-state index in [2.05, 4.69) is 4.72 Å². The average Bonchev–Trinajstić information content (AvgIpc) is 2.54. The summed E-state index contributed by atoms with van der Waals surface area (Å²) in [5, 5.41) is 0. The molecule has 2 rings (SSSR count). The number of aryl methyl sites for hydroxylation is 1. The van der Waals surface area contributed by atoms with Crippen molar-refractivity contribution in [2.75, 3.05) is 6.54 Å². The molecule has 2 aromatic rings. The molecule has 0 spiro atoms. The molecular formula is C17H19NO4S. The SMILES string of the molecule is CCc1cccc(OC(=O)CNS(=O)(=O)Cc2ccccc2)c1. The number of hydrogen-bond donors (Lipinski definition) is 1. The molecular weight excluding hydrogens is 314 g/mol. The Hall–Kier alpha value is -2.18. The predicted octanol–water partition coefficient (Wildman–Crippen LogP) is 2.27. The lowest BCUT2D eigenvalue weighted by Crippen LogP contribution is -2.32. The van der Waals surface area contributed by atoms with Crippen molar-refractivity contribution in [2.45, 2.75) is 19.1 Å². The fourth-order valence-electron chi connectivity index (χ4n) is 2.01. The van der Waals surface area contributed by atoms with Gasteiger partial charge in [0.05, 0.1) is 5.75 Å². The molecule has 0 aliphatic carbocycles. The van der Waals surface area contributed by atoms with Crippen LogP contribution in [0.25, 0.3) is 0 Å². The summed E-state index contributed by atoms with van der Waals surface area (Å²) in [6, 6.07) is 15.9. The molecule has 0 bridgehead atoms. The Morgan fingerprint density at radius 3 is 2.43 bits per heavy atom. The minimum atomic E-state index is -3.59. The molecule has 0 unspecified atom stereocenters. The predicted molar refractivity (Wildman–Crippen MR) is 88.5 cm³/mol. The summed E-state index contributed by atoms with van der Waals surface area (Å²) in [6.07, 6.45) is 0.828. The topological polar surface area (TPSA) is 72.5 Å². The highest BCUT2D eigenvalue weighted by Gasteiger charge is 2.14. The van der Waals surface area contributed by atoms with Gasteiger partial charge in [0, 0.05) is 0 Å². The number of ether oxygens (including phenoxy) is 1. The summed E-state index contributed by atoms with van der Waals surface area (Å²) >= 11 is 0. The van der Waals surface area contributed by atoms with Gasteiger partial charge in [-0.15, -0.1) is 0 Å². The van der Waals surface area contributed by atoms with E-state index in [-0.39, 0.29) is 5.75 Å². The van der Waals surface area contributed by atoms with Crippen molar-refractivity contribution in [3.8, 4) is 5.75 Å². The number of hydrogen-bond acceptors (Lipinski definition) is 4. The van der Waals surface area contributed by atoms with Crippen molar-refractivity contribution in [3.05, 3.63) is 65.7 Å². The molecule has 0 radical (unpaired) electrons. The molecule has 0 saturated carbocycles. The first-order valence-electron chi connectivity index (χ1n) is 7.29. The maximum absolute atomic E-state index is 11.9. The van der Waals surface area contributed by atoms with Gasteiger partial charge < -0.3 is 4.74 Å². The number of carbonyl (C=O) groups excluding carboxylic acids is 1. The highest BCUT2D eigenvalue weighted by molar-refractivity contribution is 7.88. The molecule has 5 nitrogen and oxygen atoms in total. The van der Waals surface area contributed by atoms with E-state index in [0.29, 0.717) is 11.3 Å². The van der Waals surface area contributed by atoms with Crippen LogP contribution in [0.5, 0.6) is 5.75 Å². The average molecular weight is 333 g/mol. The van der Waals surface area contributed by atoms with Crippen LogP contribution in [0.2, 0.25) is 0 Å². The molecule has 2 aromatic carbocycles. The fourth-order valence-corrected chi connectivity index (χ4v) is 3.08. The first kappa shape index (κ1) is 17.2. The van der Waals surface area contributed by atoms with Crippen LogP contribution in [0.1, 0.15) is 18.1 Å². The Morgan fingerprint density at radius 1 is 1.04 bits per heavy atom. The van der Waals surface area contributed by atoms with Gasteiger partial charge in [0.15, 0.2) is 0 Å². The zero-order chi connectivity index (χ0) is 16.7. The van der Waals surface area contributed by atoms with Crippen LogP contribution in [0.3, 0.4) is 0 Å². The Bertz CT molecular complexity index is 757. The third kappa shape index (κ3) is 5.84. The van der Waals surface area contributed by atoms with Gasteiger partial charge in [0.1, 0.15) is 12.3 Å². The van der Waals surface area contributed by atoms with Crippen molar-refractivity contribution in [3.63, 3.8) is 0 Å². The Kier molecular flexibility index (Phi) is 5.90. The molecule has 122 valence electrons. The standard InChI is InChI=1S/C17H19NO4S/c1-2-14-9-6-10-16(11-14)22-17(19)12-18-23(20,21)13-15-7-4-3-5-8-15/h3-11,18H,2,12-13H2,1H3. The summed E-state index contributed by atoms with van der Waals surface area (Å²) in [6.45, 7) is 1.60. The summed E-state index contributed by atoms with van der Waals surface area (Å²) in [5.74, 6) is -0.404. The number of sulfonamides is 1. The van der Waals surface area contributed by atoms with Crippen LogP contribution in [0, 0.1) is 0 Å². The number of nitrogens with one attached hydrogen (secondary N) is 1. The Labute approximate surface area is 136 Å². The molecule has 6 heteroatoms. The van der Waals surface area contributed by atoms with Crippen molar-refractivity contribution >= 4 is 16.0 Å². The lowest BCUT2D eigenvalue weighted by molar-refractivity contribution is -0.133. The number of rotatable bonds is 7. The van der Waals surface area contributed by atoms with E-state index in [9.17, 15) is 13.2 Å². The normalized spacial score (nSPS) is 11.2.